The van der Waals surface area contributed by atoms with Crippen molar-refractivity contribution in [1.29, 1.82) is 0 Å². The van der Waals surface area contributed by atoms with Crippen molar-refractivity contribution >= 4 is 23.2 Å². The Labute approximate surface area is 149 Å². The number of hydrogen-bond acceptors (Lipinski definition) is 5. The molecule has 3 heterocycles. The number of fused-ring (bicyclic) bond motifs is 1. The number of nitrogens with zero attached hydrogens (tertiary/aromatic N) is 2. The third kappa shape index (κ3) is 2.86. The lowest BCUT2D eigenvalue weighted by molar-refractivity contribution is -0.141. The number of aromatic nitrogens is 1. The first-order chi connectivity index (χ1) is 12.0. The summed E-state index contributed by atoms with van der Waals surface area (Å²) in [7, 11) is 0. The second-order valence-corrected chi connectivity index (χ2v) is 7.93. The number of thiazole rings is 1. The van der Waals surface area contributed by atoms with Gasteiger partial charge in [-0.25, -0.2) is 9.78 Å². The van der Waals surface area contributed by atoms with Gasteiger partial charge in [-0.15, -0.1) is 11.3 Å². The van der Waals surface area contributed by atoms with Gasteiger partial charge in [-0.05, 0) is 38.2 Å². The van der Waals surface area contributed by atoms with Crippen LogP contribution in [0.1, 0.15) is 47.5 Å². The minimum atomic E-state index is -0.915. The van der Waals surface area contributed by atoms with Gasteiger partial charge in [-0.1, -0.05) is 12.8 Å². The SMILES string of the molecule is Cc1nc(-c2cc(C(=O)N3C(C(=O)O)CC4CCCCC43)co2)cs1. The molecule has 0 bridgehead atoms. The first kappa shape index (κ1) is 16.3. The number of carbonyl (C=O) groups excluding carboxylic acids is 1. The third-order valence-electron chi connectivity index (χ3n) is 5.33. The number of carbonyl (C=O) groups is 2. The second-order valence-electron chi connectivity index (χ2n) is 6.87. The van der Waals surface area contributed by atoms with Gasteiger partial charge < -0.3 is 14.4 Å². The van der Waals surface area contributed by atoms with E-state index in [1.54, 1.807) is 11.0 Å². The summed E-state index contributed by atoms with van der Waals surface area (Å²) in [5, 5.41) is 12.4. The molecule has 1 amide bonds. The predicted molar refractivity (Wildman–Crippen MR) is 92.5 cm³/mol. The van der Waals surface area contributed by atoms with Crippen molar-refractivity contribution in [2.45, 2.75) is 51.1 Å². The summed E-state index contributed by atoms with van der Waals surface area (Å²) in [6.45, 7) is 1.91. The average Bonchev–Trinajstić information content (AvgIpc) is 3.31. The molecule has 2 aromatic heterocycles. The maximum absolute atomic E-state index is 13.1. The molecule has 4 rings (SSSR count). The summed E-state index contributed by atoms with van der Waals surface area (Å²) in [5.74, 6) is -0.323. The Balaban J connectivity index is 1.62. The van der Waals surface area contributed by atoms with E-state index in [9.17, 15) is 14.7 Å². The van der Waals surface area contributed by atoms with Gasteiger partial charge in [-0.2, -0.15) is 0 Å². The van der Waals surface area contributed by atoms with Gasteiger partial charge in [0.25, 0.3) is 5.91 Å². The number of carboxylic acid groups (broad SMARTS) is 1. The van der Waals surface area contributed by atoms with E-state index >= 15 is 0 Å². The van der Waals surface area contributed by atoms with Crippen LogP contribution in [0.25, 0.3) is 11.5 Å². The number of rotatable bonds is 3. The zero-order valence-corrected chi connectivity index (χ0v) is 14.8. The monoisotopic (exact) mass is 360 g/mol. The summed E-state index contributed by atoms with van der Waals surface area (Å²) in [6, 6.07) is 0.967. The fourth-order valence-corrected chi connectivity index (χ4v) is 4.78. The van der Waals surface area contributed by atoms with Crippen LogP contribution in [0.3, 0.4) is 0 Å². The summed E-state index contributed by atoms with van der Waals surface area (Å²) in [4.78, 5) is 30.7. The molecule has 1 N–H and O–H groups in total. The van der Waals surface area contributed by atoms with Gasteiger partial charge in [0.1, 0.15) is 18.0 Å². The number of amides is 1. The highest BCUT2D eigenvalue weighted by molar-refractivity contribution is 7.09. The van der Waals surface area contributed by atoms with Crippen molar-refractivity contribution < 1.29 is 19.1 Å². The van der Waals surface area contributed by atoms with Crippen molar-refractivity contribution in [1.82, 2.24) is 9.88 Å². The van der Waals surface area contributed by atoms with Crippen LogP contribution in [0.2, 0.25) is 0 Å². The van der Waals surface area contributed by atoms with E-state index in [4.69, 9.17) is 4.42 Å². The number of carboxylic acids is 1. The fourth-order valence-electron chi connectivity index (χ4n) is 4.18. The Hall–Kier alpha value is -2.15. The fraction of sp³-hybridized carbons (Fsp3) is 0.500. The van der Waals surface area contributed by atoms with E-state index in [-0.39, 0.29) is 11.9 Å². The van der Waals surface area contributed by atoms with Gasteiger partial charge in [0.2, 0.25) is 0 Å². The van der Waals surface area contributed by atoms with Crippen LogP contribution in [0.15, 0.2) is 22.1 Å². The maximum atomic E-state index is 13.1. The summed E-state index contributed by atoms with van der Waals surface area (Å²) >= 11 is 1.52. The first-order valence-corrected chi connectivity index (χ1v) is 9.49. The van der Waals surface area contributed by atoms with Gasteiger partial charge in [0.15, 0.2) is 5.76 Å². The van der Waals surface area contributed by atoms with Crippen LogP contribution in [0.4, 0.5) is 0 Å². The molecule has 6 nitrogen and oxygen atoms in total. The van der Waals surface area contributed by atoms with Crippen LogP contribution in [0.5, 0.6) is 0 Å². The highest BCUT2D eigenvalue weighted by Crippen LogP contribution is 2.40. The third-order valence-corrected chi connectivity index (χ3v) is 6.10. The zero-order chi connectivity index (χ0) is 17.6. The Bertz CT molecular complexity index is 812. The van der Waals surface area contributed by atoms with E-state index < -0.39 is 12.0 Å². The van der Waals surface area contributed by atoms with Gasteiger partial charge in [0.05, 0.1) is 10.6 Å². The topological polar surface area (TPSA) is 83.6 Å². The van der Waals surface area contributed by atoms with Crippen LogP contribution in [-0.4, -0.2) is 39.0 Å². The summed E-state index contributed by atoms with van der Waals surface area (Å²) < 4.78 is 5.53. The molecule has 1 saturated heterocycles. The van der Waals surface area contributed by atoms with Crippen LogP contribution >= 0.6 is 11.3 Å². The van der Waals surface area contributed by atoms with E-state index in [1.165, 1.54) is 17.6 Å². The van der Waals surface area contributed by atoms with Crippen molar-refractivity contribution in [3.8, 4) is 11.5 Å². The van der Waals surface area contributed by atoms with Gasteiger partial charge in [-0.3, -0.25) is 4.79 Å². The number of furan rings is 1. The van der Waals surface area contributed by atoms with E-state index in [1.807, 2.05) is 12.3 Å². The lowest BCUT2D eigenvalue weighted by Crippen LogP contribution is -2.46. The smallest absolute Gasteiger partial charge is 0.326 e. The first-order valence-electron chi connectivity index (χ1n) is 8.61. The highest BCUT2D eigenvalue weighted by Gasteiger charge is 2.47. The van der Waals surface area contributed by atoms with Crippen molar-refractivity contribution in [2.24, 2.45) is 5.92 Å². The van der Waals surface area contributed by atoms with Crippen LogP contribution < -0.4 is 0 Å². The lowest BCUT2D eigenvalue weighted by Gasteiger charge is -2.32. The average molecular weight is 360 g/mol. The number of hydrogen-bond donors (Lipinski definition) is 1. The van der Waals surface area contributed by atoms with Crippen LogP contribution in [0, 0.1) is 12.8 Å². The molecule has 2 aromatic rings. The number of aryl methyl sites for hydroxylation is 1. The van der Waals surface area contributed by atoms with Crippen molar-refractivity contribution in [3.05, 3.63) is 28.3 Å². The predicted octanol–water partition coefficient (Wildman–Crippen LogP) is 3.57. The van der Waals surface area contributed by atoms with Gasteiger partial charge >= 0.3 is 5.97 Å². The highest BCUT2D eigenvalue weighted by atomic mass is 32.1. The van der Waals surface area contributed by atoms with Crippen molar-refractivity contribution in [2.75, 3.05) is 0 Å². The Morgan fingerprint density at radius 2 is 2.16 bits per heavy atom. The quantitative estimate of drug-likeness (QED) is 0.905. The number of aliphatic carboxylic acids is 1. The number of likely N-dealkylation sites (tertiary alicyclic amines) is 1. The van der Waals surface area contributed by atoms with E-state index in [2.05, 4.69) is 4.98 Å². The summed E-state index contributed by atoms with van der Waals surface area (Å²) in [5.41, 5.74) is 1.10. The maximum Gasteiger partial charge on any atom is 0.326 e. The molecule has 3 atom stereocenters. The van der Waals surface area contributed by atoms with Crippen molar-refractivity contribution in [3.63, 3.8) is 0 Å². The summed E-state index contributed by atoms with van der Waals surface area (Å²) in [6.07, 6.45) is 6.03. The molecule has 3 unspecified atom stereocenters. The molecule has 2 aliphatic rings. The molecule has 0 spiro atoms. The largest absolute Gasteiger partial charge is 0.480 e. The molecule has 2 fully saturated rings. The van der Waals surface area contributed by atoms with Gasteiger partial charge in [0, 0.05) is 11.4 Å². The Morgan fingerprint density at radius 3 is 2.88 bits per heavy atom. The van der Waals surface area contributed by atoms with Crippen LogP contribution in [-0.2, 0) is 4.79 Å². The molecule has 1 aliphatic heterocycles. The molecule has 7 heteroatoms. The van der Waals surface area contributed by atoms with E-state index in [0.717, 1.165) is 30.7 Å². The molecule has 25 heavy (non-hydrogen) atoms. The molecular weight excluding hydrogens is 340 g/mol. The molecule has 1 saturated carbocycles. The molecule has 0 radical (unpaired) electrons. The molecule has 0 aromatic carbocycles. The molecule has 132 valence electrons. The normalized spacial score (nSPS) is 25.8. The van der Waals surface area contributed by atoms with E-state index in [0.29, 0.717) is 29.4 Å². The minimum Gasteiger partial charge on any atom is -0.480 e. The molecule has 1 aliphatic carbocycles. The standard InChI is InChI=1S/C18H20N2O4S/c1-10-19-13(9-25-10)16-7-12(8-24-16)17(21)20-14-5-3-2-4-11(14)6-15(20)18(22)23/h7-9,11,14-15H,2-6H2,1H3,(H,22,23). The second kappa shape index (κ2) is 6.29. The molecular formula is C18H20N2O4S. The Kier molecular flexibility index (Phi) is 4.11. The Morgan fingerprint density at radius 1 is 1.36 bits per heavy atom. The lowest BCUT2D eigenvalue weighted by atomic mass is 9.84. The minimum absolute atomic E-state index is 0.0298. The zero-order valence-electron chi connectivity index (χ0n) is 14.0.